The highest BCUT2D eigenvalue weighted by atomic mass is 16.5. The molecular formula is C20H18N2O7. The molecule has 2 amide bonds. The fourth-order valence-electron chi connectivity index (χ4n) is 3.11. The van der Waals surface area contributed by atoms with Crippen molar-refractivity contribution in [2.75, 3.05) is 23.9 Å². The highest BCUT2D eigenvalue weighted by Crippen LogP contribution is 2.30. The summed E-state index contributed by atoms with van der Waals surface area (Å²) in [5.74, 6) is -3.74. The highest BCUT2D eigenvalue weighted by molar-refractivity contribution is 6.07. The van der Waals surface area contributed by atoms with Crippen molar-refractivity contribution in [1.82, 2.24) is 0 Å². The number of carbonyl (C=O) groups excluding carboxylic acids is 3. The van der Waals surface area contributed by atoms with Crippen LogP contribution in [0, 0.1) is 5.92 Å². The quantitative estimate of drug-likeness (QED) is 0.517. The van der Waals surface area contributed by atoms with Crippen LogP contribution in [0.4, 0.5) is 11.4 Å². The summed E-state index contributed by atoms with van der Waals surface area (Å²) in [6, 6.07) is 9.99. The number of methoxy groups -OCH3 is 1. The zero-order valence-electron chi connectivity index (χ0n) is 15.4. The van der Waals surface area contributed by atoms with E-state index >= 15 is 0 Å². The van der Waals surface area contributed by atoms with Gasteiger partial charge in [-0.15, -0.1) is 0 Å². The van der Waals surface area contributed by atoms with Crippen LogP contribution in [0.1, 0.15) is 27.1 Å². The number of phenolic OH excluding ortho intramolecular Hbond substituents is 1. The van der Waals surface area contributed by atoms with Gasteiger partial charge in [0.2, 0.25) is 11.8 Å². The number of amides is 2. The number of aromatic carboxylic acids is 1. The molecule has 3 N–H and O–H groups in total. The maximum atomic E-state index is 12.6. The molecule has 1 unspecified atom stereocenters. The number of esters is 1. The Kier molecular flexibility index (Phi) is 5.49. The van der Waals surface area contributed by atoms with Crippen molar-refractivity contribution < 1.29 is 34.1 Å². The van der Waals surface area contributed by atoms with Gasteiger partial charge in [-0.05, 0) is 30.3 Å². The first kappa shape index (κ1) is 19.9. The molecule has 0 aliphatic carbocycles. The Hall–Kier alpha value is -3.88. The third kappa shape index (κ3) is 4.03. The Balaban J connectivity index is 1.76. The number of benzene rings is 2. The van der Waals surface area contributed by atoms with Crippen LogP contribution in [0.15, 0.2) is 42.5 Å². The number of nitrogens with one attached hydrogen (secondary N) is 1. The lowest BCUT2D eigenvalue weighted by atomic mass is 10.1. The second-order valence-corrected chi connectivity index (χ2v) is 6.44. The molecule has 1 heterocycles. The molecule has 0 spiro atoms. The number of hydrogen-bond donors (Lipinski definition) is 3. The van der Waals surface area contributed by atoms with E-state index in [9.17, 15) is 24.3 Å². The Bertz CT molecular complexity index is 1000. The monoisotopic (exact) mass is 398 g/mol. The van der Waals surface area contributed by atoms with Gasteiger partial charge >= 0.3 is 11.9 Å². The SMILES string of the molecule is COC(=O)c1ccccc1N1CC(C(=O)Nc2ccc(C(=O)O)cc2O)CC1=O. The number of nitrogens with zero attached hydrogens (tertiary/aromatic N) is 1. The molecule has 0 aromatic heterocycles. The zero-order valence-corrected chi connectivity index (χ0v) is 15.4. The molecule has 2 aromatic rings. The average Bonchev–Trinajstić information content (AvgIpc) is 3.10. The third-order valence-electron chi connectivity index (χ3n) is 4.60. The van der Waals surface area contributed by atoms with E-state index in [2.05, 4.69) is 5.32 Å². The molecule has 1 atom stereocenters. The molecule has 150 valence electrons. The van der Waals surface area contributed by atoms with Crippen LogP contribution in [0.25, 0.3) is 0 Å². The van der Waals surface area contributed by atoms with Crippen LogP contribution in [0.3, 0.4) is 0 Å². The van der Waals surface area contributed by atoms with Gasteiger partial charge in [0.15, 0.2) is 0 Å². The van der Waals surface area contributed by atoms with E-state index in [-0.39, 0.29) is 35.7 Å². The second-order valence-electron chi connectivity index (χ2n) is 6.44. The maximum Gasteiger partial charge on any atom is 0.339 e. The first-order chi connectivity index (χ1) is 13.8. The van der Waals surface area contributed by atoms with Gasteiger partial charge in [-0.2, -0.15) is 0 Å². The minimum Gasteiger partial charge on any atom is -0.506 e. The molecule has 3 rings (SSSR count). The second kappa shape index (κ2) is 8.01. The zero-order chi connectivity index (χ0) is 21.1. The minimum atomic E-state index is -1.21. The van der Waals surface area contributed by atoms with Gasteiger partial charge in [0.1, 0.15) is 5.75 Å². The lowest BCUT2D eigenvalue weighted by Gasteiger charge is -2.19. The van der Waals surface area contributed by atoms with Gasteiger partial charge in [-0.1, -0.05) is 12.1 Å². The number of para-hydroxylation sites is 1. The number of phenols is 1. The van der Waals surface area contributed by atoms with Gasteiger partial charge in [-0.25, -0.2) is 9.59 Å². The van der Waals surface area contributed by atoms with Crippen molar-refractivity contribution in [3.8, 4) is 5.75 Å². The topological polar surface area (TPSA) is 133 Å². The molecule has 1 aliphatic heterocycles. The van der Waals surface area contributed by atoms with Crippen LogP contribution >= 0.6 is 0 Å². The number of aromatic hydroxyl groups is 1. The van der Waals surface area contributed by atoms with Gasteiger partial charge in [0.05, 0.1) is 35.5 Å². The Morgan fingerprint density at radius 2 is 1.90 bits per heavy atom. The fourth-order valence-corrected chi connectivity index (χ4v) is 3.11. The van der Waals surface area contributed by atoms with E-state index in [4.69, 9.17) is 9.84 Å². The first-order valence-corrected chi connectivity index (χ1v) is 8.66. The molecule has 0 radical (unpaired) electrons. The van der Waals surface area contributed by atoms with Crippen LogP contribution in [-0.4, -0.2) is 47.6 Å². The van der Waals surface area contributed by atoms with Gasteiger partial charge < -0.3 is 25.2 Å². The van der Waals surface area contributed by atoms with Crippen molar-refractivity contribution in [2.24, 2.45) is 5.92 Å². The molecule has 0 saturated carbocycles. The summed E-state index contributed by atoms with van der Waals surface area (Å²) in [7, 11) is 1.24. The van der Waals surface area contributed by atoms with E-state index in [1.165, 1.54) is 30.2 Å². The number of carboxylic acid groups (broad SMARTS) is 1. The number of carbonyl (C=O) groups is 4. The summed E-state index contributed by atoms with van der Waals surface area (Å²) in [5.41, 5.74) is 0.489. The summed E-state index contributed by atoms with van der Waals surface area (Å²) in [6.07, 6.45) is -0.0741. The Morgan fingerprint density at radius 3 is 2.55 bits per heavy atom. The van der Waals surface area contributed by atoms with Crippen LogP contribution < -0.4 is 10.2 Å². The van der Waals surface area contributed by atoms with Crippen LogP contribution in [0.5, 0.6) is 5.75 Å². The number of anilines is 2. The third-order valence-corrected chi connectivity index (χ3v) is 4.60. The summed E-state index contributed by atoms with van der Waals surface area (Å²) >= 11 is 0. The van der Waals surface area contributed by atoms with Crippen LogP contribution in [0.2, 0.25) is 0 Å². The van der Waals surface area contributed by atoms with E-state index in [1.54, 1.807) is 18.2 Å². The first-order valence-electron chi connectivity index (χ1n) is 8.66. The van der Waals surface area contributed by atoms with Gasteiger partial charge in [0.25, 0.3) is 0 Å². The molecule has 2 aromatic carbocycles. The number of rotatable bonds is 5. The van der Waals surface area contributed by atoms with Gasteiger partial charge in [-0.3, -0.25) is 9.59 Å². The summed E-state index contributed by atoms with van der Waals surface area (Å²) in [5, 5.41) is 21.4. The molecule has 1 fully saturated rings. The fraction of sp³-hybridized carbons (Fsp3) is 0.200. The van der Waals surface area contributed by atoms with Crippen LogP contribution in [-0.2, 0) is 14.3 Å². The Labute approximate surface area is 165 Å². The smallest absolute Gasteiger partial charge is 0.339 e. The number of ether oxygens (including phenoxy) is 1. The number of hydrogen-bond acceptors (Lipinski definition) is 6. The van der Waals surface area contributed by atoms with E-state index in [0.717, 1.165) is 6.07 Å². The minimum absolute atomic E-state index is 0.0425. The lowest BCUT2D eigenvalue weighted by molar-refractivity contribution is -0.122. The van der Waals surface area contributed by atoms with Crippen molar-refractivity contribution in [2.45, 2.75) is 6.42 Å². The molecule has 9 nitrogen and oxygen atoms in total. The standard InChI is InChI=1S/C20H18N2O7/c1-29-20(28)13-4-2-3-5-15(13)22-10-12(9-17(22)24)18(25)21-14-7-6-11(19(26)27)8-16(14)23/h2-8,12,23H,9-10H2,1H3,(H,21,25)(H,26,27). The highest BCUT2D eigenvalue weighted by Gasteiger charge is 2.37. The van der Waals surface area contributed by atoms with E-state index in [1.807, 2.05) is 0 Å². The van der Waals surface area contributed by atoms with Crippen molar-refractivity contribution >= 4 is 35.1 Å². The molecule has 1 aliphatic rings. The summed E-state index contributed by atoms with van der Waals surface area (Å²) in [6.45, 7) is 0.0483. The largest absolute Gasteiger partial charge is 0.506 e. The van der Waals surface area contributed by atoms with Crippen molar-refractivity contribution in [1.29, 1.82) is 0 Å². The summed E-state index contributed by atoms with van der Waals surface area (Å²) < 4.78 is 4.74. The molecule has 29 heavy (non-hydrogen) atoms. The van der Waals surface area contributed by atoms with Crippen molar-refractivity contribution in [3.63, 3.8) is 0 Å². The molecule has 0 bridgehead atoms. The van der Waals surface area contributed by atoms with E-state index in [0.29, 0.717) is 5.69 Å². The predicted octanol–water partition coefficient (Wildman–Crippen LogP) is 1.87. The lowest BCUT2D eigenvalue weighted by Crippen LogP contribution is -2.29. The van der Waals surface area contributed by atoms with Gasteiger partial charge in [0, 0.05) is 13.0 Å². The number of carboxylic acids is 1. The summed E-state index contributed by atoms with van der Waals surface area (Å²) in [4.78, 5) is 49.3. The van der Waals surface area contributed by atoms with E-state index < -0.39 is 29.5 Å². The maximum absolute atomic E-state index is 12.6. The predicted molar refractivity (Wildman–Crippen MR) is 102 cm³/mol. The molecule has 1 saturated heterocycles. The Morgan fingerprint density at radius 1 is 1.17 bits per heavy atom. The average molecular weight is 398 g/mol. The van der Waals surface area contributed by atoms with Crippen molar-refractivity contribution in [3.05, 3.63) is 53.6 Å². The normalized spacial score (nSPS) is 15.8. The molecular weight excluding hydrogens is 380 g/mol. The molecule has 9 heteroatoms.